The van der Waals surface area contributed by atoms with Gasteiger partial charge in [0.1, 0.15) is 0 Å². The molecule has 0 aliphatic carbocycles. The molecule has 0 atom stereocenters. The quantitative estimate of drug-likeness (QED) is 0.518. The van der Waals surface area contributed by atoms with E-state index in [1.54, 1.807) is 0 Å². The van der Waals surface area contributed by atoms with E-state index in [9.17, 15) is 0 Å². The van der Waals surface area contributed by atoms with E-state index in [0.29, 0.717) is 0 Å². The average molecular weight is 191 g/mol. The Bertz CT molecular complexity index is 129. The molecule has 2 nitrogen and oxygen atoms in total. The molecule has 9 heavy (non-hydrogen) atoms. The smallest absolute Gasteiger partial charge is 0.0824 e. The van der Waals surface area contributed by atoms with E-state index in [0.717, 1.165) is 16.7 Å². The first-order valence-electron chi connectivity index (χ1n) is 2.83. The Kier molecular flexibility index (Phi) is 4.40. The van der Waals surface area contributed by atoms with Crippen LogP contribution in [0.2, 0.25) is 0 Å². The third kappa shape index (κ3) is 3.30. The Morgan fingerprint density at radius 3 is 2.67 bits per heavy atom. The fourth-order valence-electron chi connectivity index (χ4n) is 0.358. The summed E-state index contributed by atoms with van der Waals surface area (Å²) in [5.41, 5.74) is 0.914. The molecule has 0 aliphatic heterocycles. The van der Waals surface area contributed by atoms with Crippen LogP contribution in [0.25, 0.3) is 0 Å². The Balaban J connectivity index is 3.93. The normalized spacial score (nSPS) is 12.3. The van der Waals surface area contributed by atoms with Crippen LogP contribution in [-0.4, -0.2) is 12.8 Å². The number of hydrogen-bond acceptors (Lipinski definition) is 2. The van der Waals surface area contributed by atoms with Crippen LogP contribution >= 0.6 is 15.9 Å². The van der Waals surface area contributed by atoms with Gasteiger partial charge in [-0.3, -0.25) is 0 Å². The van der Waals surface area contributed by atoms with Gasteiger partial charge in [-0.05, 0) is 35.4 Å². The van der Waals surface area contributed by atoms with Crippen LogP contribution in [0.1, 0.15) is 13.8 Å². The molecule has 0 aromatic carbocycles. The Morgan fingerprint density at radius 2 is 2.33 bits per heavy atom. The van der Waals surface area contributed by atoms with E-state index in [1.165, 1.54) is 6.21 Å². The first-order chi connectivity index (χ1) is 4.22. The number of allylic oxidation sites excluding steroid dienone is 1. The average Bonchev–Trinajstić information content (AvgIpc) is 1.87. The zero-order valence-electron chi connectivity index (χ0n) is 5.66. The minimum Gasteiger partial charge on any atom is -0.379 e. The molecule has 0 saturated carbocycles. The minimum absolute atomic E-state index is 0.881. The van der Waals surface area contributed by atoms with Gasteiger partial charge in [-0.15, -0.1) is 0 Å². The lowest BCUT2D eigenvalue weighted by molar-refractivity contribution is 0.903. The second kappa shape index (κ2) is 4.56. The van der Waals surface area contributed by atoms with Crippen molar-refractivity contribution in [2.45, 2.75) is 13.8 Å². The third-order valence-electron chi connectivity index (χ3n) is 0.895. The summed E-state index contributed by atoms with van der Waals surface area (Å²) in [6.45, 7) is 4.77. The summed E-state index contributed by atoms with van der Waals surface area (Å²) in [6.07, 6.45) is 1.31. The molecule has 0 aliphatic rings. The second-order valence-corrected chi connectivity index (χ2v) is 2.46. The highest BCUT2D eigenvalue weighted by Crippen LogP contribution is 2.04. The van der Waals surface area contributed by atoms with Gasteiger partial charge in [-0.25, -0.2) is 0 Å². The van der Waals surface area contributed by atoms with Crippen molar-refractivity contribution in [3.05, 3.63) is 10.2 Å². The SMILES string of the molecule is CCN/C(Br)=C(/C)C=N. The molecular formula is C6H11BrN2. The third-order valence-corrected chi connectivity index (χ3v) is 1.80. The van der Waals surface area contributed by atoms with Crippen molar-refractivity contribution in [2.75, 3.05) is 6.54 Å². The Labute approximate surface area is 64.0 Å². The first kappa shape index (κ1) is 8.69. The van der Waals surface area contributed by atoms with Crippen molar-refractivity contribution in [3.8, 4) is 0 Å². The topological polar surface area (TPSA) is 35.9 Å². The fourth-order valence-corrected chi connectivity index (χ4v) is 0.753. The van der Waals surface area contributed by atoms with Crippen molar-refractivity contribution in [1.82, 2.24) is 5.32 Å². The van der Waals surface area contributed by atoms with Gasteiger partial charge >= 0.3 is 0 Å². The maximum Gasteiger partial charge on any atom is 0.0824 e. The molecule has 0 bridgehead atoms. The van der Waals surface area contributed by atoms with E-state index < -0.39 is 0 Å². The monoisotopic (exact) mass is 190 g/mol. The molecule has 0 saturated heterocycles. The number of hydrogen-bond donors (Lipinski definition) is 2. The van der Waals surface area contributed by atoms with E-state index in [1.807, 2.05) is 13.8 Å². The predicted octanol–water partition coefficient (Wildman–Crippen LogP) is 1.87. The van der Waals surface area contributed by atoms with Crippen molar-refractivity contribution in [2.24, 2.45) is 0 Å². The fraction of sp³-hybridized carbons (Fsp3) is 0.500. The molecule has 0 aromatic rings. The summed E-state index contributed by atoms with van der Waals surface area (Å²) >= 11 is 3.28. The van der Waals surface area contributed by atoms with Gasteiger partial charge in [0, 0.05) is 12.8 Å². The van der Waals surface area contributed by atoms with E-state index in [2.05, 4.69) is 21.2 Å². The molecule has 0 rings (SSSR count). The maximum absolute atomic E-state index is 6.86. The van der Waals surface area contributed by atoms with Crippen molar-refractivity contribution in [1.29, 1.82) is 5.41 Å². The molecular weight excluding hydrogens is 180 g/mol. The van der Waals surface area contributed by atoms with E-state index in [-0.39, 0.29) is 0 Å². The highest BCUT2D eigenvalue weighted by atomic mass is 79.9. The highest BCUT2D eigenvalue weighted by molar-refractivity contribution is 9.11. The van der Waals surface area contributed by atoms with Gasteiger partial charge in [0.25, 0.3) is 0 Å². The first-order valence-corrected chi connectivity index (χ1v) is 3.62. The lowest BCUT2D eigenvalue weighted by Gasteiger charge is -2.00. The molecule has 2 N–H and O–H groups in total. The molecule has 52 valence electrons. The lowest BCUT2D eigenvalue weighted by Crippen LogP contribution is -2.09. The van der Waals surface area contributed by atoms with E-state index >= 15 is 0 Å². The zero-order valence-corrected chi connectivity index (χ0v) is 7.25. The molecule has 3 heteroatoms. The zero-order chi connectivity index (χ0) is 7.28. The number of rotatable bonds is 3. The van der Waals surface area contributed by atoms with Crippen LogP contribution < -0.4 is 5.32 Å². The van der Waals surface area contributed by atoms with Gasteiger partial charge in [0.15, 0.2) is 0 Å². The molecule has 0 aromatic heterocycles. The van der Waals surface area contributed by atoms with Crippen LogP contribution in [0.3, 0.4) is 0 Å². The summed E-state index contributed by atoms with van der Waals surface area (Å²) in [5.74, 6) is 0. The summed E-state index contributed by atoms with van der Waals surface area (Å²) in [6, 6.07) is 0. The molecule has 0 heterocycles. The summed E-state index contributed by atoms with van der Waals surface area (Å²) in [5, 5.41) is 9.91. The van der Waals surface area contributed by atoms with Gasteiger partial charge < -0.3 is 10.7 Å². The lowest BCUT2D eigenvalue weighted by atomic mass is 10.4. The standard InChI is InChI=1S/C6H11BrN2/c1-3-9-6(7)5(2)4-8/h4,8-9H,3H2,1-2H3/b6-5-,8-4?. The minimum atomic E-state index is 0.881. The van der Waals surface area contributed by atoms with Crippen LogP contribution in [0, 0.1) is 5.41 Å². The molecule has 0 amide bonds. The van der Waals surface area contributed by atoms with Crippen LogP contribution in [0.5, 0.6) is 0 Å². The van der Waals surface area contributed by atoms with Gasteiger partial charge in [-0.1, -0.05) is 0 Å². The number of nitrogens with one attached hydrogen (secondary N) is 2. The van der Waals surface area contributed by atoms with Gasteiger partial charge in [0.2, 0.25) is 0 Å². The summed E-state index contributed by atoms with van der Waals surface area (Å²) in [4.78, 5) is 0. The molecule has 0 spiro atoms. The van der Waals surface area contributed by atoms with Gasteiger partial charge in [-0.2, -0.15) is 0 Å². The Hall–Kier alpha value is -0.310. The predicted molar refractivity (Wildman–Crippen MR) is 44.1 cm³/mol. The molecule has 0 radical (unpaired) electrons. The Morgan fingerprint density at radius 1 is 1.78 bits per heavy atom. The summed E-state index contributed by atoms with van der Waals surface area (Å²) in [7, 11) is 0. The van der Waals surface area contributed by atoms with Crippen LogP contribution in [0.15, 0.2) is 10.2 Å². The largest absolute Gasteiger partial charge is 0.379 e. The highest BCUT2D eigenvalue weighted by Gasteiger charge is 1.90. The van der Waals surface area contributed by atoms with E-state index in [4.69, 9.17) is 5.41 Å². The van der Waals surface area contributed by atoms with Crippen molar-refractivity contribution < 1.29 is 0 Å². The van der Waals surface area contributed by atoms with Gasteiger partial charge in [0.05, 0.1) is 4.61 Å². The second-order valence-electron chi connectivity index (χ2n) is 1.67. The molecule has 0 fully saturated rings. The number of halogens is 1. The van der Waals surface area contributed by atoms with Crippen LogP contribution in [-0.2, 0) is 0 Å². The van der Waals surface area contributed by atoms with Crippen molar-refractivity contribution in [3.63, 3.8) is 0 Å². The maximum atomic E-state index is 6.86. The molecule has 0 unspecified atom stereocenters. The summed E-state index contributed by atoms with van der Waals surface area (Å²) < 4.78 is 0.903. The van der Waals surface area contributed by atoms with Crippen molar-refractivity contribution >= 4 is 22.1 Å². The van der Waals surface area contributed by atoms with Crippen LogP contribution in [0.4, 0.5) is 0 Å².